The van der Waals surface area contributed by atoms with E-state index in [0.717, 1.165) is 12.0 Å². The molecule has 0 radical (unpaired) electrons. The zero-order chi connectivity index (χ0) is 11.1. The van der Waals surface area contributed by atoms with E-state index in [1.807, 2.05) is 12.1 Å². The van der Waals surface area contributed by atoms with E-state index in [1.165, 1.54) is 5.56 Å². The summed E-state index contributed by atoms with van der Waals surface area (Å²) in [5.41, 5.74) is 2.38. The van der Waals surface area contributed by atoms with Crippen LogP contribution < -0.4 is 5.32 Å². The van der Waals surface area contributed by atoms with Crippen molar-refractivity contribution in [3.63, 3.8) is 0 Å². The number of ether oxygens (including phenoxy) is 1. The van der Waals surface area contributed by atoms with Gasteiger partial charge in [-0.1, -0.05) is 31.2 Å². The molecule has 0 aliphatic carbocycles. The molecule has 82 valence electrons. The average Bonchev–Trinajstić information content (AvgIpc) is 2.27. The maximum atomic E-state index is 11.0. The van der Waals surface area contributed by atoms with Crippen LogP contribution in [0, 0.1) is 0 Å². The second kappa shape index (κ2) is 6.06. The van der Waals surface area contributed by atoms with E-state index in [0.29, 0.717) is 13.2 Å². The van der Waals surface area contributed by atoms with Crippen molar-refractivity contribution in [2.45, 2.75) is 26.8 Å². The zero-order valence-corrected chi connectivity index (χ0v) is 9.25. The minimum Gasteiger partial charge on any atom is -0.450 e. The minimum atomic E-state index is -0.362. The first-order valence-electron chi connectivity index (χ1n) is 5.24. The van der Waals surface area contributed by atoms with Gasteiger partial charge in [-0.15, -0.1) is 0 Å². The molecule has 1 aromatic rings. The number of aryl methyl sites for hydroxylation is 1. The molecule has 15 heavy (non-hydrogen) atoms. The molecular weight excluding hydrogens is 190 g/mol. The molecule has 1 N–H and O–H groups in total. The Morgan fingerprint density at radius 2 is 2.07 bits per heavy atom. The number of nitrogens with one attached hydrogen (secondary N) is 1. The van der Waals surface area contributed by atoms with Gasteiger partial charge in [-0.25, -0.2) is 4.79 Å². The molecule has 0 spiro atoms. The molecule has 0 saturated carbocycles. The lowest BCUT2D eigenvalue weighted by Gasteiger charge is -2.06. The Balaban J connectivity index is 2.46. The molecule has 0 atom stereocenters. The SMILES string of the molecule is CCOC(=O)NCc1cccc(CC)c1. The van der Waals surface area contributed by atoms with Crippen molar-refractivity contribution in [3.05, 3.63) is 35.4 Å². The van der Waals surface area contributed by atoms with Crippen LogP contribution >= 0.6 is 0 Å². The van der Waals surface area contributed by atoms with Crippen LogP contribution in [-0.2, 0) is 17.7 Å². The number of carbonyl (C=O) groups excluding carboxylic acids is 1. The van der Waals surface area contributed by atoms with E-state index < -0.39 is 0 Å². The lowest BCUT2D eigenvalue weighted by Crippen LogP contribution is -2.23. The van der Waals surface area contributed by atoms with Gasteiger partial charge in [0.2, 0.25) is 0 Å². The number of hydrogen-bond donors (Lipinski definition) is 1. The van der Waals surface area contributed by atoms with Crippen molar-refractivity contribution in [1.82, 2.24) is 5.32 Å². The second-order valence-corrected chi connectivity index (χ2v) is 3.25. The highest BCUT2D eigenvalue weighted by atomic mass is 16.5. The van der Waals surface area contributed by atoms with Gasteiger partial charge in [0, 0.05) is 6.54 Å². The van der Waals surface area contributed by atoms with Gasteiger partial charge in [-0.2, -0.15) is 0 Å². The van der Waals surface area contributed by atoms with E-state index in [4.69, 9.17) is 4.74 Å². The van der Waals surface area contributed by atoms with Gasteiger partial charge in [0.05, 0.1) is 6.61 Å². The normalized spacial score (nSPS) is 9.73. The summed E-state index contributed by atoms with van der Waals surface area (Å²) in [5.74, 6) is 0. The third kappa shape index (κ3) is 4.02. The first-order chi connectivity index (χ1) is 7.26. The Bertz CT molecular complexity index is 323. The Morgan fingerprint density at radius 1 is 1.33 bits per heavy atom. The largest absolute Gasteiger partial charge is 0.450 e. The summed E-state index contributed by atoms with van der Waals surface area (Å²) in [4.78, 5) is 11.0. The average molecular weight is 207 g/mol. The molecule has 0 aromatic heterocycles. The lowest BCUT2D eigenvalue weighted by molar-refractivity contribution is 0.151. The van der Waals surface area contributed by atoms with Gasteiger partial charge < -0.3 is 10.1 Å². The Kier molecular flexibility index (Phi) is 4.68. The highest BCUT2D eigenvalue weighted by molar-refractivity contribution is 5.67. The number of rotatable bonds is 4. The van der Waals surface area contributed by atoms with Crippen LogP contribution in [0.4, 0.5) is 4.79 Å². The molecule has 0 fully saturated rings. The molecule has 0 saturated heterocycles. The molecule has 3 heteroatoms. The highest BCUT2D eigenvalue weighted by Gasteiger charge is 2.00. The Labute approximate surface area is 90.4 Å². The van der Waals surface area contributed by atoms with Crippen molar-refractivity contribution >= 4 is 6.09 Å². The van der Waals surface area contributed by atoms with E-state index in [9.17, 15) is 4.79 Å². The third-order valence-corrected chi connectivity index (χ3v) is 2.11. The van der Waals surface area contributed by atoms with Crippen LogP contribution in [0.5, 0.6) is 0 Å². The smallest absolute Gasteiger partial charge is 0.407 e. The maximum absolute atomic E-state index is 11.0. The number of carbonyl (C=O) groups is 1. The van der Waals surface area contributed by atoms with Gasteiger partial charge in [-0.05, 0) is 24.5 Å². The topological polar surface area (TPSA) is 38.3 Å². The third-order valence-electron chi connectivity index (χ3n) is 2.11. The van der Waals surface area contributed by atoms with E-state index >= 15 is 0 Å². The molecular formula is C12H17NO2. The fraction of sp³-hybridized carbons (Fsp3) is 0.417. The van der Waals surface area contributed by atoms with E-state index in [-0.39, 0.29) is 6.09 Å². The van der Waals surface area contributed by atoms with Crippen molar-refractivity contribution in [1.29, 1.82) is 0 Å². The molecule has 0 aliphatic heterocycles. The van der Waals surface area contributed by atoms with Crippen molar-refractivity contribution in [2.75, 3.05) is 6.61 Å². The number of hydrogen-bond acceptors (Lipinski definition) is 2. The molecule has 0 unspecified atom stereocenters. The minimum absolute atomic E-state index is 0.362. The van der Waals surface area contributed by atoms with Gasteiger partial charge in [0.15, 0.2) is 0 Å². The van der Waals surface area contributed by atoms with Crippen molar-refractivity contribution in [3.8, 4) is 0 Å². The lowest BCUT2D eigenvalue weighted by atomic mass is 10.1. The first-order valence-corrected chi connectivity index (χ1v) is 5.24. The fourth-order valence-corrected chi connectivity index (χ4v) is 1.32. The number of amides is 1. The summed E-state index contributed by atoms with van der Waals surface area (Å²) in [7, 11) is 0. The molecule has 0 heterocycles. The van der Waals surface area contributed by atoms with Gasteiger partial charge in [-0.3, -0.25) is 0 Å². The highest BCUT2D eigenvalue weighted by Crippen LogP contribution is 2.05. The fourth-order valence-electron chi connectivity index (χ4n) is 1.32. The second-order valence-electron chi connectivity index (χ2n) is 3.25. The van der Waals surface area contributed by atoms with Crippen LogP contribution in [0.15, 0.2) is 24.3 Å². The zero-order valence-electron chi connectivity index (χ0n) is 9.25. The predicted molar refractivity (Wildman–Crippen MR) is 59.7 cm³/mol. The summed E-state index contributed by atoms with van der Waals surface area (Å²) in [6.07, 6.45) is 0.646. The Morgan fingerprint density at radius 3 is 2.73 bits per heavy atom. The summed E-state index contributed by atoms with van der Waals surface area (Å²) >= 11 is 0. The summed E-state index contributed by atoms with van der Waals surface area (Å²) in [6, 6.07) is 8.16. The quantitative estimate of drug-likeness (QED) is 0.823. The summed E-state index contributed by atoms with van der Waals surface area (Å²) < 4.78 is 4.77. The maximum Gasteiger partial charge on any atom is 0.407 e. The van der Waals surface area contributed by atoms with Gasteiger partial charge in [0.25, 0.3) is 0 Å². The summed E-state index contributed by atoms with van der Waals surface area (Å²) in [5, 5.41) is 2.69. The summed E-state index contributed by atoms with van der Waals surface area (Å²) in [6.45, 7) is 4.82. The molecule has 3 nitrogen and oxygen atoms in total. The molecule has 1 aromatic carbocycles. The predicted octanol–water partition coefficient (Wildman–Crippen LogP) is 2.50. The molecule has 1 amide bonds. The van der Waals surface area contributed by atoms with Gasteiger partial charge in [0.1, 0.15) is 0 Å². The molecule has 0 aliphatic rings. The monoisotopic (exact) mass is 207 g/mol. The Hall–Kier alpha value is -1.51. The van der Waals surface area contributed by atoms with Crippen LogP contribution in [0.1, 0.15) is 25.0 Å². The van der Waals surface area contributed by atoms with Crippen LogP contribution in [0.25, 0.3) is 0 Å². The van der Waals surface area contributed by atoms with E-state index in [2.05, 4.69) is 24.4 Å². The van der Waals surface area contributed by atoms with Gasteiger partial charge >= 0.3 is 6.09 Å². The van der Waals surface area contributed by atoms with Crippen molar-refractivity contribution in [2.24, 2.45) is 0 Å². The molecule has 0 bridgehead atoms. The number of benzene rings is 1. The van der Waals surface area contributed by atoms with E-state index in [1.54, 1.807) is 6.92 Å². The standard InChI is InChI=1S/C12H17NO2/c1-3-10-6-5-7-11(8-10)9-13-12(14)15-4-2/h5-8H,3-4,9H2,1-2H3,(H,13,14). The van der Waals surface area contributed by atoms with Crippen LogP contribution in [0.3, 0.4) is 0 Å². The van der Waals surface area contributed by atoms with Crippen LogP contribution in [-0.4, -0.2) is 12.7 Å². The van der Waals surface area contributed by atoms with Crippen molar-refractivity contribution < 1.29 is 9.53 Å². The van der Waals surface area contributed by atoms with Crippen LogP contribution in [0.2, 0.25) is 0 Å². The number of alkyl carbamates (subject to hydrolysis) is 1. The first kappa shape index (κ1) is 11.6. The molecule has 1 rings (SSSR count).